The number of nitrogens with zero attached hydrogens (tertiary/aromatic N) is 1. The molecule has 0 saturated carbocycles. The van der Waals surface area contributed by atoms with E-state index in [0.29, 0.717) is 0 Å². The van der Waals surface area contributed by atoms with Crippen molar-refractivity contribution >= 4 is 0 Å². The van der Waals surface area contributed by atoms with Crippen LogP contribution in [0.4, 0.5) is 0 Å². The van der Waals surface area contributed by atoms with Gasteiger partial charge in [-0.3, -0.25) is 0 Å². The Balaban J connectivity index is 2.36. The van der Waals surface area contributed by atoms with Crippen molar-refractivity contribution in [3.05, 3.63) is 0 Å². The third-order valence-electron chi connectivity index (χ3n) is 4.04. The van der Waals surface area contributed by atoms with Crippen LogP contribution in [-0.2, 0) is 0 Å². The fourth-order valence-electron chi connectivity index (χ4n) is 3.02. The highest BCUT2D eigenvalue weighted by Gasteiger charge is 2.26. The number of hydrogen-bond acceptors (Lipinski definition) is 2. The van der Waals surface area contributed by atoms with Crippen LogP contribution in [0, 0.1) is 23.7 Å². The van der Waals surface area contributed by atoms with Crippen molar-refractivity contribution in [3.63, 3.8) is 0 Å². The molecule has 2 heteroatoms. The second-order valence-corrected chi connectivity index (χ2v) is 6.12. The highest BCUT2D eigenvalue weighted by molar-refractivity contribution is 4.80. The summed E-state index contributed by atoms with van der Waals surface area (Å²) in [5.41, 5.74) is 0. The molecule has 0 amide bonds. The first-order chi connectivity index (χ1) is 7.54. The summed E-state index contributed by atoms with van der Waals surface area (Å²) in [6, 6.07) is 0. The van der Waals surface area contributed by atoms with Gasteiger partial charge >= 0.3 is 0 Å². The normalized spacial score (nSPS) is 22.9. The monoisotopic (exact) mass is 226 g/mol. The number of nitrogens with one attached hydrogen (secondary N) is 1. The van der Waals surface area contributed by atoms with E-state index in [4.69, 9.17) is 0 Å². The molecule has 0 aromatic rings. The van der Waals surface area contributed by atoms with Gasteiger partial charge in [0, 0.05) is 13.1 Å². The molecule has 1 aliphatic rings. The van der Waals surface area contributed by atoms with Gasteiger partial charge in [-0.1, -0.05) is 27.7 Å². The Kier molecular flexibility index (Phi) is 5.77. The zero-order valence-electron chi connectivity index (χ0n) is 11.8. The van der Waals surface area contributed by atoms with Gasteiger partial charge in [-0.05, 0) is 50.2 Å². The van der Waals surface area contributed by atoms with Gasteiger partial charge in [0.1, 0.15) is 0 Å². The Morgan fingerprint density at radius 2 is 1.81 bits per heavy atom. The van der Waals surface area contributed by atoms with E-state index < -0.39 is 0 Å². The molecule has 1 unspecified atom stereocenters. The maximum absolute atomic E-state index is 3.30. The topological polar surface area (TPSA) is 15.3 Å². The quantitative estimate of drug-likeness (QED) is 0.748. The number of likely N-dealkylation sites (tertiary alicyclic amines) is 1. The Morgan fingerprint density at radius 1 is 1.19 bits per heavy atom. The van der Waals surface area contributed by atoms with E-state index in [2.05, 4.69) is 45.0 Å². The molecule has 2 nitrogen and oxygen atoms in total. The number of hydrogen-bond donors (Lipinski definition) is 1. The minimum Gasteiger partial charge on any atom is -0.319 e. The average Bonchev–Trinajstić information content (AvgIpc) is 2.61. The SMILES string of the molecule is CNCC1CCN(CC(C(C)C)C(C)C)C1. The van der Waals surface area contributed by atoms with E-state index in [1.165, 1.54) is 32.6 Å². The van der Waals surface area contributed by atoms with Crippen molar-refractivity contribution < 1.29 is 0 Å². The van der Waals surface area contributed by atoms with E-state index >= 15 is 0 Å². The Bertz CT molecular complexity index is 181. The fourth-order valence-corrected chi connectivity index (χ4v) is 3.02. The zero-order chi connectivity index (χ0) is 12.1. The van der Waals surface area contributed by atoms with Crippen LogP contribution in [0.5, 0.6) is 0 Å². The molecule has 1 saturated heterocycles. The van der Waals surface area contributed by atoms with E-state index in [-0.39, 0.29) is 0 Å². The first-order valence-corrected chi connectivity index (χ1v) is 6.91. The molecule has 0 aromatic carbocycles. The van der Waals surface area contributed by atoms with Crippen LogP contribution in [0.25, 0.3) is 0 Å². The minimum absolute atomic E-state index is 0.809. The standard InChI is InChI=1S/C14H30N2/c1-11(2)14(12(3)4)10-16-7-6-13(9-16)8-15-5/h11-15H,6-10H2,1-5H3. The molecule has 1 heterocycles. The molecule has 1 N–H and O–H groups in total. The molecule has 0 radical (unpaired) electrons. The fraction of sp³-hybridized carbons (Fsp3) is 1.00. The van der Waals surface area contributed by atoms with E-state index in [1.807, 2.05) is 0 Å². The summed E-state index contributed by atoms with van der Waals surface area (Å²) < 4.78 is 0. The second-order valence-electron chi connectivity index (χ2n) is 6.12. The van der Waals surface area contributed by atoms with Crippen LogP contribution < -0.4 is 5.32 Å². The van der Waals surface area contributed by atoms with Crippen molar-refractivity contribution in [1.82, 2.24) is 10.2 Å². The van der Waals surface area contributed by atoms with Gasteiger partial charge in [0.2, 0.25) is 0 Å². The van der Waals surface area contributed by atoms with Crippen LogP contribution >= 0.6 is 0 Å². The van der Waals surface area contributed by atoms with Crippen LogP contribution in [-0.4, -0.2) is 38.1 Å². The van der Waals surface area contributed by atoms with E-state index in [0.717, 1.165) is 23.7 Å². The molecule has 1 rings (SSSR count). The molecule has 96 valence electrons. The van der Waals surface area contributed by atoms with Crippen LogP contribution in [0.15, 0.2) is 0 Å². The third kappa shape index (κ3) is 4.06. The Labute approximate surface area is 102 Å². The van der Waals surface area contributed by atoms with Gasteiger partial charge in [0.05, 0.1) is 0 Å². The summed E-state index contributed by atoms with van der Waals surface area (Å²) in [5.74, 6) is 3.35. The number of rotatable bonds is 6. The molecule has 0 aromatic heterocycles. The lowest BCUT2D eigenvalue weighted by molar-refractivity contribution is 0.186. The maximum Gasteiger partial charge on any atom is 0.00224 e. The smallest absolute Gasteiger partial charge is 0.00224 e. The van der Waals surface area contributed by atoms with Gasteiger partial charge in [-0.15, -0.1) is 0 Å². The summed E-state index contributed by atoms with van der Waals surface area (Å²) in [5, 5.41) is 3.30. The lowest BCUT2D eigenvalue weighted by Crippen LogP contribution is -2.33. The van der Waals surface area contributed by atoms with Gasteiger partial charge in [-0.2, -0.15) is 0 Å². The van der Waals surface area contributed by atoms with Crippen molar-refractivity contribution in [2.24, 2.45) is 23.7 Å². The molecule has 16 heavy (non-hydrogen) atoms. The van der Waals surface area contributed by atoms with Crippen LogP contribution in [0.1, 0.15) is 34.1 Å². The summed E-state index contributed by atoms with van der Waals surface area (Å²) in [6.45, 7) is 14.6. The predicted octanol–water partition coefficient (Wildman–Crippen LogP) is 2.46. The van der Waals surface area contributed by atoms with Crippen molar-refractivity contribution in [3.8, 4) is 0 Å². The predicted molar refractivity (Wildman–Crippen MR) is 71.6 cm³/mol. The van der Waals surface area contributed by atoms with E-state index in [9.17, 15) is 0 Å². The minimum atomic E-state index is 0.809. The van der Waals surface area contributed by atoms with Crippen molar-refractivity contribution in [2.75, 3.05) is 33.2 Å². The van der Waals surface area contributed by atoms with Crippen LogP contribution in [0.2, 0.25) is 0 Å². The third-order valence-corrected chi connectivity index (χ3v) is 4.04. The molecule has 1 atom stereocenters. The maximum atomic E-state index is 3.30. The highest BCUT2D eigenvalue weighted by atomic mass is 15.2. The summed E-state index contributed by atoms with van der Waals surface area (Å²) in [4.78, 5) is 2.67. The average molecular weight is 226 g/mol. The summed E-state index contributed by atoms with van der Waals surface area (Å²) in [6.07, 6.45) is 1.38. The molecular weight excluding hydrogens is 196 g/mol. The van der Waals surface area contributed by atoms with E-state index in [1.54, 1.807) is 0 Å². The van der Waals surface area contributed by atoms with Gasteiger partial charge < -0.3 is 10.2 Å². The molecule has 0 spiro atoms. The lowest BCUT2D eigenvalue weighted by Gasteiger charge is -2.29. The highest BCUT2D eigenvalue weighted by Crippen LogP contribution is 2.24. The summed E-state index contributed by atoms with van der Waals surface area (Å²) >= 11 is 0. The summed E-state index contributed by atoms with van der Waals surface area (Å²) in [7, 11) is 2.06. The first-order valence-electron chi connectivity index (χ1n) is 6.91. The lowest BCUT2D eigenvalue weighted by atomic mass is 9.85. The Hall–Kier alpha value is -0.0800. The molecule has 1 fully saturated rings. The van der Waals surface area contributed by atoms with Crippen molar-refractivity contribution in [2.45, 2.75) is 34.1 Å². The molecule has 0 aliphatic carbocycles. The second kappa shape index (κ2) is 6.61. The molecule has 0 bridgehead atoms. The Morgan fingerprint density at radius 3 is 2.31 bits per heavy atom. The van der Waals surface area contributed by atoms with Gasteiger partial charge in [0.15, 0.2) is 0 Å². The largest absolute Gasteiger partial charge is 0.319 e. The zero-order valence-corrected chi connectivity index (χ0v) is 11.8. The van der Waals surface area contributed by atoms with Gasteiger partial charge in [0.25, 0.3) is 0 Å². The molecule has 1 aliphatic heterocycles. The first kappa shape index (κ1) is 14.0. The van der Waals surface area contributed by atoms with Gasteiger partial charge in [-0.25, -0.2) is 0 Å². The van der Waals surface area contributed by atoms with Crippen molar-refractivity contribution in [1.29, 1.82) is 0 Å². The molecular formula is C14H30N2. The van der Waals surface area contributed by atoms with Crippen LogP contribution in [0.3, 0.4) is 0 Å².